The van der Waals surface area contributed by atoms with Crippen molar-refractivity contribution in [3.63, 3.8) is 0 Å². The van der Waals surface area contributed by atoms with Crippen molar-refractivity contribution in [1.29, 1.82) is 0 Å². The maximum Gasteiger partial charge on any atom is 0.353 e. The second-order valence-corrected chi connectivity index (χ2v) is 4.42. The van der Waals surface area contributed by atoms with E-state index in [9.17, 15) is 4.57 Å². The molecule has 0 fully saturated rings. The highest BCUT2D eigenvalue weighted by Gasteiger charge is 2.24. The monoisotopic (exact) mass is 198 g/mol. The highest BCUT2D eigenvalue weighted by molar-refractivity contribution is 7.52. The van der Waals surface area contributed by atoms with Gasteiger partial charge in [0, 0.05) is 6.61 Å². The predicted octanol–water partition coefficient (Wildman–Crippen LogP) is 0.0352. The largest absolute Gasteiger partial charge is 0.396 e. The summed E-state index contributed by atoms with van der Waals surface area (Å²) in [6, 6.07) is 0. The van der Waals surface area contributed by atoms with Gasteiger partial charge in [0.2, 0.25) is 0 Å². The Labute approximate surface area is 71.2 Å². The third kappa shape index (κ3) is 5.69. The molecule has 0 radical (unpaired) electrons. The average Bonchev–Trinajstić information content (AvgIpc) is 1.96. The van der Waals surface area contributed by atoms with Gasteiger partial charge in [-0.25, -0.2) is 0 Å². The van der Waals surface area contributed by atoms with Crippen molar-refractivity contribution in [3.05, 3.63) is 0 Å². The zero-order valence-electron chi connectivity index (χ0n) is 6.76. The molecular weight excluding hydrogens is 183 g/mol. The summed E-state index contributed by atoms with van der Waals surface area (Å²) >= 11 is 0. The van der Waals surface area contributed by atoms with E-state index in [-0.39, 0.29) is 13.0 Å². The van der Waals surface area contributed by atoms with Crippen LogP contribution in [0, 0.1) is 0 Å². The van der Waals surface area contributed by atoms with Gasteiger partial charge in [0.1, 0.15) is 0 Å². The Hall–Kier alpha value is 0.0700. The molecule has 74 valence electrons. The van der Waals surface area contributed by atoms with E-state index in [4.69, 9.17) is 20.0 Å². The first-order valence-corrected chi connectivity index (χ1v) is 5.50. The second kappa shape index (κ2) is 5.67. The summed E-state index contributed by atoms with van der Waals surface area (Å²) in [5, 5.41) is 17.2. The van der Waals surface area contributed by atoms with Crippen LogP contribution in [0.2, 0.25) is 0 Å². The van der Waals surface area contributed by atoms with Crippen molar-refractivity contribution in [1.82, 2.24) is 0 Å². The van der Waals surface area contributed by atoms with Crippen LogP contribution in [-0.4, -0.2) is 32.5 Å². The second-order valence-electron chi connectivity index (χ2n) is 2.64. The number of rotatable bonds is 6. The lowest BCUT2D eigenvalue weighted by atomic mass is 10.2. The smallest absolute Gasteiger partial charge is 0.353 e. The molecule has 1 unspecified atom stereocenters. The molecule has 0 heterocycles. The van der Waals surface area contributed by atoms with Crippen LogP contribution in [-0.2, 0) is 4.57 Å². The van der Waals surface area contributed by atoms with E-state index < -0.39 is 13.4 Å². The van der Waals surface area contributed by atoms with E-state index in [1.807, 2.05) is 0 Å². The van der Waals surface area contributed by atoms with Crippen LogP contribution in [0.3, 0.4) is 0 Å². The van der Waals surface area contributed by atoms with Crippen molar-refractivity contribution in [3.8, 4) is 0 Å². The third-order valence-electron chi connectivity index (χ3n) is 1.51. The molecule has 0 aromatic rings. The quantitative estimate of drug-likeness (QED) is 0.356. The minimum atomic E-state index is -4.31. The molecule has 0 aromatic carbocycles. The minimum absolute atomic E-state index is 0.0754. The predicted molar refractivity (Wildman–Crippen MR) is 43.6 cm³/mol. The van der Waals surface area contributed by atoms with Crippen molar-refractivity contribution in [2.24, 2.45) is 0 Å². The third-order valence-corrected chi connectivity index (χ3v) is 2.54. The normalized spacial score (nSPS) is 14.7. The number of unbranched alkanes of at least 4 members (excludes halogenated alkanes) is 2. The number of hydrogen-bond acceptors (Lipinski definition) is 3. The maximum atomic E-state index is 10.4. The first-order chi connectivity index (χ1) is 5.48. The zero-order valence-corrected chi connectivity index (χ0v) is 7.65. The molecular formula is C6H15O5P. The first kappa shape index (κ1) is 12.1. The standard InChI is InChI=1S/C6H15O5P/c7-5-3-1-2-4-6(8)12(9,10)11/h6-8H,1-5H2,(H2,9,10,11). The lowest BCUT2D eigenvalue weighted by Crippen LogP contribution is -2.06. The number of aliphatic hydroxyl groups excluding tert-OH is 2. The summed E-state index contributed by atoms with van der Waals surface area (Å²) in [4.78, 5) is 16.9. The van der Waals surface area contributed by atoms with Crippen LogP contribution in [0.1, 0.15) is 25.7 Å². The lowest BCUT2D eigenvalue weighted by Gasteiger charge is -2.11. The van der Waals surface area contributed by atoms with Crippen molar-refractivity contribution < 1.29 is 24.6 Å². The van der Waals surface area contributed by atoms with Crippen LogP contribution in [0.25, 0.3) is 0 Å². The topological polar surface area (TPSA) is 98.0 Å². The van der Waals surface area contributed by atoms with E-state index in [0.717, 1.165) is 0 Å². The van der Waals surface area contributed by atoms with E-state index >= 15 is 0 Å². The zero-order chi connectivity index (χ0) is 9.61. The molecule has 12 heavy (non-hydrogen) atoms. The van der Waals surface area contributed by atoms with Crippen LogP contribution in [0.4, 0.5) is 0 Å². The Kier molecular flexibility index (Phi) is 5.70. The van der Waals surface area contributed by atoms with Crippen LogP contribution in [0.5, 0.6) is 0 Å². The molecule has 0 aliphatic heterocycles. The summed E-state index contributed by atoms with van der Waals surface area (Å²) in [5.74, 6) is -1.55. The van der Waals surface area contributed by atoms with Crippen LogP contribution < -0.4 is 0 Å². The van der Waals surface area contributed by atoms with Gasteiger partial charge < -0.3 is 20.0 Å². The molecule has 4 N–H and O–H groups in total. The Morgan fingerprint density at radius 1 is 1.17 bits per heavy atom. The van der Waals surface area contributed by atoms with Crippen LogP contribution >= 0.6 is 7.60 Å². The molecule has 6 heteroatoms. The van der Waals surface area contributed by atoms with E-state index in [0.29, 0.717) is 19.3 Å². The van der Waals surface area contributed by atoms with Gasteiger partial charge in [-0.3, -0.25) is 4.57 Å². The summed E-state index contributed by atoms with van der Waals surface area (Å²) in [5.41, 5.74) is 0. The lowest BCUT2D eigenvalue weighted by molar-refractivity contribution is 0.189. The Bertz CT molecular complexity index is 154. The van der Waals surface area contributed by atoms with Gasteiger partial charge >= 0.3 is 7.60 Å². The SMILES string of the molecule is O=P(O)(O)C(O)CCCCCO. The van der Waals surface area contributed by atoms with Gasteiger partial charge in [0.25, 0.3) is 0 Å². The summed E-state index contributed by atoms with van der Waals surface area (Å²) in [7, 11) is -4.31. The van der Waals surface area contributed by atoms with Gasteiger partial charge in [-0.2, -0.15) is 0 Å². The molecule has 0 saturated carbocycles. The van der Waals surface area contributed by atoms with Crippen LogP contribution in [0.15, 0.2) is 0 Å². The number of aliphatic hydroxyl groups is 2. The molecule has 0 spiro atoms. The van der Waals surface area contributed by atoms with Gasteiger partial charge in [-0.1, -0.05) is 12.8 Å². The fraction of sp³-hybridized carbons (Fsp3) is 1.00. The first-order valence-electron chi connectivity index (χ1n) is 3.82. The number of hydrogen-bond donors (Lipinski definition) is 4. The highest BCUT2D eigenvalue weighted by Crippen LogP contribution is 2.41. The molecule has 0 aliphatic rings. The average molecular weight is 198 g/mol. The van der Waals surface area contributed by atoms with E-state index in [1.54, 1.807) is 0 Å². The van der Waals surface area contributed by atoms with E-state index in [2.05, 4.69) is 0 Å². The summed E-state index contributed by atoms with van der Waals surface area (Å²) < 4.78 is 10.4. The Morgan fingerprint density at radius 3 is 2.17 bits per heavy atom. The fourth-order valence-corrected chi connectivity index (χ4v) is 1.30. The molecule has 5 nitrogen and oxygen atoms in total. The fourth-order valence-electron chi connectivity index (χ4n) is 0.784. The minimum Gasteiger partial charge on any atom is -0.396 e. The summed E-state index contributed by atoms with van der Waals surface area (Å²) in [6.45, 7) is 0.0754. The van der Waals surface area contributed by atoms with Crippen molar-refractivity contribution >= 4 is 7.60 Å². The van der Waals surface area contributed by atoms with Gasteiger partial charge in [0.05, 0.1) is 0 Å². The Morgan fingerprint density at radius 2 is 1.75 bits per heavy atom. The van der Waals surface area contributed by atoms with Crippen molar-refractivity contribution in [2.45, 2.75) is 31.5 Å². The van der Waals surface area contributed by atoms with E-state index in [1.165, 1.54) is 0 Å². The Balaban J connectivity index is 3.45. The molecule has 0 aliphatic carbocycles. The molecule has 0 amide bonds. The molecule has 0 rings (SSSR count). The van der Waals surface area contributed by atoms with Crippen molar-refractivity contribution in [2.75, 3.05) is 6.61 Å². The summed E-state index contributed by atoms with van der Waals surface area (Å²) in [6.07, 6.45) is 1.89. The van der Waals surface area contributed by atoms with Gasteiger partial charge in [0.15, 0.2) is 5.85 Å². The highest BCUT2D eigenvalue weighted by atomic mass is 31.2. The maximum absolute atomic E-state index is 10.4. The molecule has 1 atom stereocenters. The molecule has 0 saturated heterocycles. The van der Waals surface area contributed by atoms with Gasteiger partial charge in [-0.15, -0.1) is 0 Å². The molecule has 0 bridgehead atoms. The van der Waals surface area contributed by atoms with Gasteiger partial charge in [-0.05, 0) is 12.8 Å². The molecule has 0 aromatic heterocycles.